The van der Waals surface area contributed by atoms with Gasteiger partial charge in [-0.2, -0.15) is 0 Å². The quantitative estimate of drug-likeness (QED) is 0.281. The number of rotatable bonds is 3. The van der Waals surface area contributed by atoms with Crippen molar-refractivity contribution in [3.05, 3.63) is 109 Å². The highest BCUT2D eigenvalue weighted by molar-refractivity contribution is 7.25. The first-order chi connectivity index (χ1) is 17.3. The van der Waals surface area contributed by atoms with E-state index >= 15 is 0 Å². The molecule has 7 rings (SSSR count). The Balaban J connectivity index is 1.44. The van der Waals surface area contributed by atoms with Gasteiger partial charge in [0.25, 0.3) is 0 Å². The van der Waals surface area contributed by atoms with Crippen LogP contribution in [-0.4, -0.2) is 12.0 Å². The van der Waals surface area contributed by atoms with E-state index in [2.05, 4.69) is 107 Å². The Morgan fingerprint density at radius 1 is 0.600 bits per heavy atom. The molecule has 0 aliphatic rings. The highest BCUT2D eigenvalue weighted by atomic mass is 32.1. The molecule has 0 saturated carbocycles. The number of benzene rings is 5. The van der Waals surface area contributed by atoms with Crippen LogP contribution in [0.1, 0.15) is 0 Å². The summed E-state index contributed by atoms with van der Waals surface area (Å²) in [4.78, 5) is 4.30. The third kappa shape index (κ3) is 3.28. The van der Waals surface area contributed by atoms with E-state index < -0.39 is 0 Å². The predicted molar refractivity (Wildman–Crippen MR) is 153 cm³/mol. The summed E-state index contributed by atoms with van der Waals surface area (Å²) in [6.45, 7) is 0. The molecule has 2 heterocycles. The Hall–Kier alpha value is -4.21. The van der Waals surface area contributed by atoms with E-state index in [0.717, 1.165) is 5.69 Å². The highest BCUT2D eigenvalue weighted by Crippen LogP contribution is 2.41. The van der Waals surface area contributed by atoms with E-state index in [0.29, 0.717) is 0 Å². The third-order valence-electron chi connectivity index (χ3n) is 6.93. The van der Waals surface area contributed by atoms with Crippen LogP contribution < -0.4 is 5.32 Å². The predicted octanol–water partition coefficient (Wildman–Crippen LogP) is 9.13. The van der Waals surface area contributed by atoms with Gasteiger partial charge < -0.3 is 5.32 Å². The van der Waals surface area contributed by atoms with Crippen molar-refractivity contribution in [1.29, 1.82) is 0 Å². The number of hydrogen-bond donors (Lipinski definition) is 1. The van der Waals surface area contributed by atoms with Crippen molar-refractivity contribution in [2.24, 2.45) is 0 Å². The SMILES string of the molecule is CNc1cc2ccccc2cc1-c1ccc2sc3ccc(-c4cccc5cnccc45)cc3c2c1. The van der Waals surface area contributed by atoms with E-state index in [9.17, 15) is 0 Å². The largest absolute Gasteiger partial charge is 0.388 e. The zero-order valence-corrected chi connectivity index (χ0v) is 20.1. The molecule has 0 radical (unpaired) electrons. The number of aromatic nitrogens is 1. The van der Waals surface area contributed by atoms with Crippen LogP contribution in [0.3, 0.4) is 0 Å². The highest BCUT2D eigenvalue weighted by Gasteiger charge is 2.12. The van der Waals surface area contributed by atoms with Gasteiger partial charge >= 0.3 is 0 Å². The lowest BCUT2D eigenvalue weighted by Crippen LogP contribution is -1.92. The average Bonchev–Trinajstić information content (AvgIpc) is 3.29. The van der Waals surface area contributed by atoms with Crippen LogP contribution in [0.25, 0.3) is 64.0 Å². The zero-order chi connectivity index (χ0) is 23.4. The van der Waals surface area contributed by atoms with Gasteiger partial charge in [0.15, 0.2) is 0 Å². The molecular formula is C32H22N2S. The van der Waals surface area contributed by atoms with Crippen molar-refractivity contribution >= 4 is 58.7 Å². The molecule has 35 heavy (non-hydrogen) atoms. The number of nitrogens with one attached hydrogen (secondary N) is 1. The summed E-state index contributed by atoms with van der Waals surface area (Å²) in [5.41, 5.74) is 6.09. The summed E-state index contributed by atoms with van der Waals surface area (Å²) in [6.07, 6.45) is 3.81. The second-order valence-electron chi connectivity index (χ2n) is 8.92. The standard InChI is InChI=1S/C32H22N2S/c1-33-30-18-21-6-3-2-5-20(21)15-27(30)23-10-12-32-29(17-23)28-16-22(9-11-31(28)35-32)25-8-4-7-24-19-34-14-13-26(24)25/h2-19,33H,1H3. The van der Waals surface area contributed by atoms with Crippen LogP contribution in [0.5, 0.6) is 0 Å². The molecule has 2 nitrogen and oxygen atoms in total. The molecule has 1 N–H and O–H groups in total. The van der Waals surface area contributed by atoms with Crippen LogP contribution in [0.2, 0.25) is 0 Å². The van der Waals surface area contributed by atoms with E-state index in [1.54, 1.807) is 0 Å². The van der Waals surface area contributed by atoms with E-state index in [1.165, 1.54) is 64.0 Å². The lowest BCUT2D eigenvalue weighted by atomic mass is 9.96. The fourth-order valence-corrected chi connectivity index (χ4v) is 6.24. The van der Waals surface area contributed by atoms with Crippen molar-refractivity contribution < 1.29 is 0 Å². The van der Waals surface area contributed by atoms with E-state index in [4.69, 9.17) is 0 Å². The molecule has 0 aliphatic carbocycles. The molecule has 5 aromatic carbocycles. The summed E-state index contributed by atoms with van der Waals surface area (Å²) >= 11 is 1.86. The minimum Gasteiger partial charge on any atom is -0.388 e. The molecular weight excluding hydrogens is 444 g/mol. The van der Waals surface area contributed by atoms with Gasteiger partial charge in [-0.3, -0.25) is 4.98 Å². The lowest BCUT2D eigenvalue weighted by Gasteiger charge is -2.12. The van der Waals surface area contributed by atoms with Crippen molar-refractivity contribution in [2.45, 2.75) is 0 Å². The second-order valence-corrected chi connectivity index (χ2v) is 10.0. The van der Waals surface area contributed by atoms with Gasteiger partial charge in [-0.05, 0) is 75.3 Å². The zero-order valence-electron chi connectivity index (χ0n) is 19.2. The molecule has 0 bridgehead atoms. The number of nitrogens with zero attached hydrogens (tertiary/aromatic N) is 1. The molecule has 2 aromatic heterocycles. The van der Waals surface area contributed by atoms with Gasteiger partial charge in [0.2, 0.25) is 0 Å². The molecule has 0 fully saturated rings. The van der Waals surface area contributed by atoms with Gasteiger partial charge in [-0.15, -0.1) is 11.3 Å². The Kier molecular flexibility index (Phi) is 4.58. The topological polar surface area (TPSA) is 24.9 Å². The van der Waals surface area contributed by atoms with Gasteiger partial charge in [-0.1, -0.05) is 54.6 Å². The Bertz CT molecular complexity index is 1890. The number of pyridine rings is 1. The van der Waals surface area contributed by atoms with Crippen molar-refractivity contribution in [3.8, 4) is 22.3 Å². The average molecular weight is 467 g/mol. The normalized spacial score (nSPS) is 11.6. The molecule has 0 spiro atoms. The molecule has 0 saturated heterocycles. The molecule has 7 aromatic rings. The first kappa shape index (κ1) is 20.2. The number of thiophene rings is 1. The van der Waals surface area contributed by atoms with Crippen molar-refractivity contribution in [1.82, 2.24) is 4.98 Å². The number of hydrogen-bond acceptors (Lipinski definition) is 3. The van der Waals surface area contributed by atoms with Crippen LogP contribution in [0.4, 0.5) is 5.69 Å². The molecule has 0 amide bonds. The summed E-state index contributed by atoms with van der Waals surface area (Å²) < 4.78 is 2.63. The third-order valence-corrected chi connectivity index (χ3v) is 8.08. The molecule has 0 atom stereocenters. The maximum absolute atomic E-state index is 4.30. The smallest absolute Gasteiger partial charge is 0.0423 e. The Morgan fingerprint density at radius 2 is 1.29 bits per heavy atom. The summed E-state index contributed by atoms with van der Waals surface area (Å²) in [6, 6.07) is 35.4. The van der Waals surface area contributed by atoms with Crippen LogP contribution in [0.15, 0.2) is 109 Å². The minimum atomic E-state index is 1.15. The van der Waals surface area contributed by atoms with Gasteiger partial charge in [-0.25, -0.2) is 0 Å². The maximum Gasteiger partial charge on any atom is 0.0423 e. The summed E-state index contributed by atoms with van der Waals surface area (Å²) in [5, 5.41) is 10.9. The molecule has 0 aliphatic heterocycles. The first-order valence-corrected chi connectivity index (χ1v) is 12.6. The molecule has 3 heteroatoms. The van der Waals surface area contributed by atoms with Crippen LogP contribution in [-0.2, 0) is 0 Å². The van der Waals surface area contributed by atoms with E-state index in [1.807, 2.05) is 30.8 Å². The van der Waals surface area contributed by atoms with Crippen molar-refractivity contribution in [3.63, 3.8) is 0 Å². The van der Waals surface area contributed by atoms with E-state index in [-0.39, 0.29) is 0 Å². The van der Waals surface area contributed by atoms with Gasteiger partial charge in [0, 0.05) is 56.3 Å². The first-order valence-electron chi connectivity index (χ1n) is 11.8. The van der Waals surface area contributed by atoms with Crippen LogP contribution >= 0.6 is 11.3 Å². The molecule has 0 unspecified atom stereocenters. The minimum absolute atomic E-state index is 1.15. The fourth-order valence-electron chi connectivity index (χ4n) is 5.17. The number of fused-ring (bicyclic) bond motifs is 5. The lowest BCUT2D eigenvalue weighted by molar-refractivity contribution is 1.36. The van der Waals surface area contributed by atoms with Crippen LogP contribution in [0, 0.1) is 0 Å². The number of anilines is 1. The Labute approximate surface area is 207 Å². The summed E-state index contributed by atoms with van der Waals surface area (Å²) in [5.74, 6) is 0. The monoisotopic (exact) mass is 466 g/mol. The second kappa shape index (κ2) is 7.93. The maximum atomic E-state index is 4.30. The van der Waals surface area contributed by atoms with Gasteiger partial charge in [0.1, 0.15) is 0 Å². The molecule has 166 valence electrons. The Morgan fingerprint density at radius 3 is 2.03 bits per heavy atom. The summed E-state index contributed by atoms with van der Waals surface area (Å²) in [7, 11) is 2.00. The van der Waals surface area contributed by atoms with Crippen molar-refractivity contribution in [2.75, 3.05) is 12.4 Å². The van der Waals surface area contributed by atoms with Gasteiger partial charge in [0.05, 0.1) is 0 Å². The fraction of sp³-hybridized carbons (Fsp3) is 0.0312.